The van der Waals surface area contributed by atoms with E-state index in [9.17, 15) is 4.79 Å². The first-order valence-electron chi connectivity index (χ1n) is 4.90. The fourth-order valence-electron chi connectivity index (χ4n) is 1.23. The van der Waals surface area contributed by atoms with Gasteiger partial charge in [0.1, 0.15) is 0 Å². The quantitative estimate of drug-likeness (QED) is 0.630. The molecule has 0 unspecified atom stereocenters. The number of carbonyl (C=O) groups is 1. The molecule has 2 nitrogen and oxygen atoms in total. The molecule has 0 aliphatic rings. The third-order valence-electron chi connectivity index (χ3n) is 2.48. The van der Waals surface area contributed by atoms with Crippen molar-refractivity contribution < 1.29 is 4.79 Å². The Morgan fingerprint density at radius 3 is 2.27 bits per heavy atom. The number of rotatable bonds is 4. The molecule has 0 radical (unpaired) electrons. The van der Waals surface area contributed by atoms with E-state index in [1.54, 1.807) is 11.8 Å². The molecular weight excluding hydrogens is 206 g/mol. The van der Waals surface area contributed by atoms with Crippen LogP contribution in [-0.4, -0.2) is 18.6 Å². The number of Topliss-reactive ketones (excluding diaryl/α,β-unsaturated/α-hetero) is 1. The second kappa shape index (κ2) is 4.81. The summed E-state index contributed by atoms with van der Waals surface area (Å²) in [4.78, 5) is 13.2. The maximum absolute atomic E-state index is 12.0. The van der Waals surface area contributed by atoms with Gasteiger partial charge in [0.2, 0.25) is 0 Å². The molecule has 1 aromatic rings. The van der Waals surface area contributed by atoms with Crippen molar-refractivity contribution in [1.29, 1.82) is 0 Å². The molecule has 15 heavy (non-hydrogen) atoms. The van der Waals surface area contributed by atoms with E-state index in [-0.39, 0.29) is 5.78 Å². The van der Waals surface area contributed by atoms with E-state index >= 15 is 0 Å². The van der Waals surface area contributed by atoms with Gasteiger partial charge >= 0.3 is 0 Å². The van der Waals surface area contributed by atoms with E-state index in [1.165, 1.54) is 0 Å². The fourth-order valence-corrected chi connectivity index (χ4v) is 1.63. The Hall–Kier alpha value is -0.800. The average Bonchev–Trinajstić information content (AvgIpc) is 2.28. The molecule has 82 valence electrons. The molecule has 0 aliphatic heterocycles. The van der Waals surface area contributed by atoms with Crippen LogP contribution in [0.5, 0.6) is 0 Å². The van der Waals surface area contributed by atoms with Crippen molar-refractivity contribution in [2.45, 2.75) is 18.7 Å². The summed E-state index contributed by atoms with van der Waals surface area (Å²) in [6.07, 6.45) is 2.01. The molecule has 1 aromatic carbocycles. The lowest BCUT2D eigenvalue weighted by atomic mass is 9.84. The summed E-state index contributed by atoms with van der Waals surface area (Å²) >= 11 is 1.67. The van der Waals surface area contributed by atoms with Gasteiger partial charge in [-0.3, -0.25) is 4.79 Å². The lowest BCUT2D eigenvalue weighted by molar-refractivity contribution is 0.0847. The molecule has 0 saturated carbocycles. The number of carbonyl (C=O) groups excluding carboxylic acids is 1. The van der Waals surface area contributed by atoms with Gasteiger partial charge in [-0.1, -0.05) is 26.0 Å². The van der Waals surface area contributed by atoms with E-state index in [0.29, 0.717) is 6.54 Å². The molecule has 0 saturated heterocycles. The zero-order valence-electron chi connectivity index (χ0n) is 9.41. The van der Waals surface area contributed by atoms with Crippen molar-refractivity contribution in [3.8, 4) is 0 Å². The molecule has 0 bridgehead atoms. The van der Waals surface area contributed by atoms with Crippen molar-refractivity contribution in [3.63, 3.8) is 0 Å². The van der Waals surface area contributed by atoms with Gasteiger partial charge in [0.05, 0.1) is 0 Å². The first-order valence-corrected chi connectivity index (χ1v) is 6.12. The van der Waals surface area contributed by atoms with Crippen LogP contribution in [-0.2, 0) is 0 Å². The Morgan fingerprint density at radius 1 is 1.33 bits per heavy atom. The summed E-state index contributed by atoms with van der Waals surface area (Å²) in [5.74, 6) is 0.109. The molecule has 3 heteroatoms. The molecule has 0 amide bonds. The molecule has 2 N–H and O–H groups in total. The predicted octanol–water partition coefficient (Wildman–Crippen LogP) is 2.58. The molecule has 1 rings (SSSR count). The van der Waals surface area contributed by atoms with Crippen LogP contribution >= 0.6 is 11.8 Å². The van der Waals surface area contributed by atoms with Gasteiger partial charge in [-0.25, -0.2) is 0 Å². The van der Waals surface area contributed by atoms with Gasteiger partial charge < -0.3 is 5.73 Å². The third-order valence-corrected chi connectivity index (χ3v) is 3.22. The van der Waals surface area contributed by atoms with Gasteiger partial charge in [-0.2, -0.15) is 0 Å². The summed E-state index contributed by atoms with van der Waals surface area (Å²) in [5.41, 5.74) is 5.84. The van der Waals surface area contributed by atoms with Crippen LogP contribution in [0.1, 0.15) is 24.2 Å². The van der Waals surface area contributed by atoms with Crippen LogP contribution in [0.3, 0.4) is 0 Å². The van der Waals surface area contributed by atoms with Gasteiger partial charge in [0.25, 0.3) is 0 Å². The van der Waals surface area contributed by atoms with E-state index in [4.69, 9.17) is 5.73 Å². The number of ketones is 1. The number of hydrogen-bond acceptors (Lipinski definition) is 3. The van der Waals surface area contributed by atoms with E-state index < -0.39 is 5.41 Å². The zero-order chi connectivity index (χ0) is 11.5. The van der Waals surface area contributed by atoms with Crippen molar-refractivity contribution >= 4 is 17.5 Å². The van der Waals surface area contributed by atoms with Crippen LogP contribution < -0.4 is 5.73 Å². The molecule has 0 aliphatic carbocycles. The maximum Gasteiger partial charge on any atom is 0.169 e. The Labute approximate surface area is 95.2 Å². The summed E-state index contributed by atoms with van der Waals surface area (Å²) < 4.78 is 0. The van der Waals surface area contributed by atoms with Crippen molar-refractivity contribution in [3.05, 3.63) is 29.8 Å². The van der Waals surface area contributed by atoms with E-state index in [2.05, 4.69) is 0 Å². The van der Waals surface area contributed by atoms with Crippen LogP contribution in [0, 0.1) is 5.41 Å². The predicted molar refractivity (Wildman–Crippen MR) is 65.4 cm³/mol. The van der Waals surface area contributed by atoms with Crippen LogP contribution in [0.4, 0.5) is 0 Å². The normalized spacial score (nSPS) is 11.5. The smallest absolute Gasteiger partial charge is 0.169 e. The van der Waals surface area contributed by atoms with Crippen LogP contribution in [0.2, 0.25) is 0 Å². The SMILES string of the molecule is CSc1ccc(C(=O)C(C)(C)CN)cc1. The topological polar surface area (TPSA) is 43.1 Å². The minimum absolute atomic E-state index is 0.109. The lowest BCUT2D eigenvalue weighted by Crippen LogP contribution is -2.32. The highest BCUT2D eigenvalue weighted by Crippen LogP contribution is 2.22. The Kier molecular flexibility index (Phi) is 3.94. The standard InChI is InChI=1S/C12H17NOS/c1-12(2,8-13)11(14)9-4-6-10(15-3)7-5-9/h4-7H,8,13H2,1-3H3. The number of hydrogen-bond donors (Lipinski definition) is 1. The minimum atomic E-state index is -0.471. The molecular formula is C12H17NOS. The van der Waals surface area contributed by atoms with E-state index in [1.807, 2.05) is 44.4 Å². The van der Waals surface area contributed by atoms with Crippen LogP contribution in [0.15, 0.2) is 29.2 Å². The van der Waals surface area contributed by atoms with Gasteiger partial charge in [-0.05, 0) is 18.4 Å². The number of thioether (sulfide) groups is 1. The largest absolute Gasteiger partial charge is 0.329 e. The van der Waals surface area contributed by atoms with Crippen molar-refractivity contribution in [1.82, 2.24) is 0 Å². The van der Waals surface area contributed by atoms with Gasteiger partial charge in [0, 0.05) is 22.4 Å². The molecule has 0 atom stereocenters. The highest BCUT2D eigenvalue weighted by atomic mass is 32.2. The minimum Gasteiger partial charge on any atom is -0.329 e. The highest BCUT2D eigenvalue weighted by molar-refractivity contribution is 7.98. The van der Waals surface area contributed by atoms with Crippen molar-refractivity contribution in [2.75, 3.05) is 12.8 Å². The second-order valence-corrected chi connectivity index (χ2v) is 5.03. The zero-order valence-corrected chi connectivity index (χ0v) is 10.2. The maximum atomic E-state index is 12.0. The number of nitrogens with two attached hydrogens (primary N) is 1. The molecule has 0 fully saturated rings. The number of benzene rings is 1. The fraction of sp³-hybridized carbons (Fsp3) is 0.417. The molecule has 0 heterocycles. The molecule has 0 spiro atoms. The Bertz CT molecular complexity index is 343. The Morgan fingerprint density at radius 2 is 1.87 bits per heavy atom. The van der Waals surface area contributed by atoms with Crippen molar-refractivity contribution in [2.24, 2.45) is 11.1 Å². The van der Waals surface area contributed by atoms with Gasteiger partial charge in [0.15, 0.2) is 5.78 Å². The summed E-state index contributed by atoms with van der Waals surface area (Å²) in [5, 5.41) is 0. The Balaban J connectivity index is 2.92. The van der Waals surface area contributed by atoms with Crippen LogP contribution in [0.25, 0.3) is 0 Å². The highest BCUT2D eigenvalue weighted by Gasteiger charge is 2.26. The average molecular weight is 223 g/mol. The first-order chi connectivity index (χ1) is 7.01. The summed E-state index contributed by atoms with van der Waals surface area (Å²) in [6.45, 7) is 4.12. The lowest BCUT2D eigenvalue weighted by Gasteiger charge is -2.20. The summed E-state index contributed by atoms with van der Waals surface area (Å²) in [6, 6.07) is 7.66. The molecule has 0 aromatic heterocycles. The van der Waals surface area contributed by atoms with Gasteiger partial charge in [-0.15, -0.1) is 11.8 Å². The summed E-state index contributed by atoms with van der Waals surface area (Å²) in [7, 11) is 0. The first kappa shape index (κ1) is 12.3. The second-order valence-electron chi connectivity index (χ2n) is 4.15. The van der Waals surface area contributed by atoms with E-state index in [0.717, 1.165) is 10.5 Å². The third kappa shape index (κ3) is 2.83. The monoisotopic (exact) mass is 223 g/mol.